The molecule has 2 N–H and O–H groups in total. The fraction of sp³-hybridized carbons (Fsp3) is 0.273. The molecule has 0 bridgehead atoms. The van der Waals surface area contributed by atoms with Gasteiger partial charge in [-0.3, -0.25) is 14.8 Å². The molecule has 29 heavy (non-hydrogen) atoms. The number of hydrogen-bond acceptors (Lipinski definition) is 4. The first-order chi connectivity index (χ1) is 14.2. The summed E-state index contributed by atoms with van der Waals surface area (Å²) in [6.07, 6.45) is 1.41. The number of benzene rings is 2. The monoisotopic (exact) mass is 394 g/mol. The maximum atomic E-state index is 13.2. The number of nitrogens with zero attached hydrogens (tertiary/aromatic N) is 2. The fourth-order valence-electron chi connectivity index (χ4n) is 3.49. The second-order valence-electron chi connectivity index (χ2n) is 7.09. The molecule has 1 aliphatic heterocycles. The van der Waals surface area contributed by atoms with Gasteiger partial charge in [0.1, 0.15) is 5.82 Å². The minimum atomic E-state index is -0.325. The van der Waals surface area contributed by atoms with Gasteiger partial charge in [0, 0.05) is 31.7 Å². The first kappa shape index (κ1) is 19.3. The SMILES string of the molecule is O=C(NC[C@@H]1CN(Cc2ccccc2)CCO1)c1cn[nH]c1-c1ccc(F)cc1. The summed E-state index contributed by atoms with van der Waals surface area (Å²) in [5, 5.41) is 9.73. The number of amides is 1. The summed E-state index contributed by atoms with van der Waals surface area (Å²) < 4.78 is 19.0. The molecular weight excluding hydrogens is 371 g/mol. The number of hydrogen-bond donors (Lipinski definition) is 2. The number of halogens is 1. The topological polar surface area (TPSA) is 70.2 Å². The zero-order valence-corrected chi connectivity index (χ0v) is 16.0. The summed E-state index contributed by atoms with van der Waals surface area (Å²) in [6.45, 7) is 3.55. The molecule has 1 amide bonds. The Labute approximate surface area is 168 Å². The lowest BCUT2D eigenvalue weighted by molar-refractivity contribution is -0.0292. The van der Waals surface area contributed by atoms with E-state index in [2.05, 4.69) is 32.5 Å². The molecule has 0 spiro atoms. The van der Waals surface area contributed by atoms with Gasteiger partial charge in [-0.1, -0.05) is 30.3 Å². The predicted molar refractivity (Wildman–Crippen MR) is 108 cm³/mol. The van der Waals surface area contributed by atoms with Gasteiger partial charge >= 0.3 is 0 Å². The Kier molecular flexibility index (Phi) is 5.97. The number of aromatic amines is 1. The van der Waals surface area contributed by atoms with Crippen molar-refractivity contribution in [3.8, 4) is 11.3 Å². The van der Waals surface area contributed by atoms with Crippen LogP contribution in [0.4, 0.5) is 4.39 Å². The smallest absolute Gasteiger partial charge is 0.255 e. The highest BCUT2D eigenvalue weighted by Gasteiger charge is 2.22. The molecule has 1 saturated heterocycles. The minimum absolute atomic E-state index is 0.0717. The summed E-state index contributed by atoms with van der Waals surface area (Å²) in [5.41, 5.74) is 2.96. The molecule has 1 aliphatic rings. The van der Waals surface area contributed by atoms with E-state index in [1.54, 1.807) is 12.1 Å². The number of carbonyl (C=O) groups excluding carboxylic acids is 1. The second kappa shape index (κ2) is 8.98. The van der Waals surface area contributed by atoms with Crippen molar-refractivity contribution < 1.29 is 13.9 Å². The van der Waals surface area contributed by atoms with Crippen LogP contribution in [-0.2, 0) is 11.3 Å². The number of carbonyl (C=O) groups is 1. The number of ether oxygens (including phenoxy) is 1. The normalized spacial score (nSPS) is 17.2. The fourth-order valence-corrected chi connectivity index (χ4v) is 3.49. The molecule has 1 atom stereocenters. The van der Waals surface area contributed by atoms with Gasteiger partial charge in [-0.2, -0.15) is 5.10 Å². The molecule has 7 heteroatoms. The zero-order chi connectivity index (χ0) is 20.1. The van der Waals surface area contributed by atoms with Gasteiger partial charge in [-0.15, -0.1) is 0 Å². The Balaban J connectivity index is 1.34. The Hall–Kier alpha value is -3.03. The molecule has 0 radical (unpaired) electrons. The van der Waals surface area contributed by atoms with Crippen molar-refractivity contribution in [3.63, 3.8) is 0 Å². The van der Waals surface area contributed by atoms with Crippen molar-refractivity contribution in [3.05, 3.63) is 77.7 Å². The lowest BCUT2D eigenvalue weighted by Crippen LogP contribution is -2.47. The van der Waals surface area contributed by atoms with Crippen LogP contribution >= 0.6 is 0 Å². The van der Waals surface area contributed by atoms with Crippen molar-refractivity contribution in [2.45, 2.75) is 12.6 Å². The first-order valence-corrected chi connectivity index (χ1v) is 9.64. The number of morpholine rings is 1. The van der Waals surface area contributed by atoms with Crippen LogP contribution in [0, 0.1) is 5.82 Å². The third kappa shape index (κ3) is 4.88. The van der Waals surface area contributed by atoms with E-state index in [1.807, 2.05) is 18.2 Å². The van der Waals surface area contributed by atoms with Crippen LogP contribution in [0.3, 0.4) is 0 Å². The Morgan fingerprint density at radius 2 is 2.00 bits per heavy atom. The van der Waals surface area contributed by atoms with Gasteiger partial charge in [-0.25, -0.2) is 4.39 Å². The van der Waals surface area contributed by atoms with E-state index < -0.39 is 0 Å². The molecule has 2 aromatic carbocycles. The molecule has 1 aromatic heterocycles. The lowest BCUT2D eigenvalue weighted by atomic mass is 10.1. The zero-order valence-electron chi connectivity index (χ0n) is 16.0. The van der Waals surface area contributed by atoms with E-state index in [9.17, 15) is 9.18 Å². The van der Waals surface area contributed by atoms with Gasteiger partial charge in [0.05, 0.1) is 30.2 Å². The average molecular weight is 394 g/mol. The average Bonchev–Trinajstić information content (AvgIpc) is 3.24. The van der Waals surface area contributed by atoms with E-state index in [0.29, 0.717) is 30.0 Å². The third-order valence-corrected chi connectivity index (χ3v) is 4.98. The molecule has 6 nitrogen and oxygen atoms in total. The van der Waals surface area contributed by atoms with Crippen molar-refractivity contribution in [2.75, 3.05) is 26.2 Å². The van der Waals surface area contributed by atoms with Gasteiger partial charge in [0.2, 0.25) is 0 Å². The standard InChI is InChI=1S/C22H23FN4O2/c23-18-8-6-17(7-9-18)21-20(13-25-26-21)22(28)24-12-19-15-27(10-11-29-19)14-16-4-2-1-3-5-16/h1-9,13,19H,10-12,14-15H2,(H,24,28)(H,25,26)/t19-/m1/s1. The number of nitrogens with one attached hydrogen (secondary N) is 2. The van der Waals surface area contributed by atoms with E-state index in [1.165, 1.54) is 23.9 Å². The summed E-state index contributed by atoms with van der Waals surface area (Å²) in [4.78, 5) is 15.0. The van der Waals surface area contributed by atoms with Crippen LogP contribution in [-0.4, -0.2) is 53.3 Å². The van der Waals surface area contributed by atoms with Crippen LogP contribution < -0.4 is 5.32 Å². The third-order valence-electron chi connectivity index (χ3n) is 4.98. The summed E-state index contributed by atoms with van der Waals surface area (Å²) in [6, 6.07) is 16.3. The summed E-state index contributed by atoms with van der Waals surface area (Å²) in [5.74, 6) is -0.560. The second-order valence-corrected chi connectivity index (χ2v) is 7.09. The Morgan fingerprint density at radius 1 is 1.21 bits per heavy atom. The van der Waals surface area contributed by atoms with Gasteiger partial charge < -0.3 is 10.1 Å². The van der Waals surface area contributed by atoms with Crippen molar-refractivity contribution in [1.29, 1.82) is 0 Å². The lowest BCUT2D eigenvalue weighted by Gasteiger charge is -2.33. The molecular formula is C22H23FN4O2. The van der Waals surface area contributed by atoms with E-state index >= 15 is 0 Å². The summed E-state index contributed by atoms with van der Waals surface area (Å²) in [7, 11) is 0. The number of H-pyrrole nitrogens is 1. The largest absolute Gasteiger partial charge is 0.374 e. The Bertz CT molecular complexity index is 943. The van der Waals surface area contributed by atoms with Gasteiger partial charge in [0.15, 0.2) is 0 Å². The maximum absolute atomic E-state index is 13.2. The molecule has 2 heterocycles. The molecule has 150 valence electrons. The molecule has 3 aromatic rings. The van der Waals surface area contributed by atoms with Crippen LogP contribution in [0.5, 0.6) is 0 Å². The van der Waals surface area contributed by atoms with Crippen LogP contribution in [0.2, 0.25) is 0 Å². The van der Waals surface area contributed by atoms with E-state index in [-0.39, 0.29) is 17.8 Å². The van der Waals surface area contributed by atoms with E-state index in [0.717, 1.165) is 19.6 Å². The van der Waals surface area contributed by atoms with Gasteiger partial charge in [-0.05, 0) is 29.8 Å². The molecule has 4 rings (SSSR count). The predicted octanol–water partition coefficient (Wildman–Crippen LogP) is 2.85. The first-order valence-electron chi connectivity index (χ1n) is 9.64. The Morgan fingerprint density at radius 3 is 2.79 bits per heavy atom. The van der Waals surface area contributed by atoms with E-state index in [4.69, 9.17) is 4.74 Å². The van der Waals surface area contributed by atoms with Crippen LogP contribution in [0.15, 0.2) is 60.8 Å². The maximum Gasteiger partial charge on any atom is 0.255 e. The van der Waals surface area contributed by atoms with Crippen LogP contribution in [0.1, 0.15) is 15.9 Å². The molecule has 0 saturated carbocycles. The van der Waals surface area contributed by atoms with Crippen molar-refractivity contribution in [1.82, 2.24) is 20.4 Å². The molecule has 0 aliphatic carbocycles. The molecule has 0 unspecified atom stereocenters. The quantitative estimate of drug-likeness (QED) is 0.675. The van der Waals surface area contributed by atoms with Crippen molar-refractivity contribution in [2.24, 2.45) is 0 Å². The van der Waals surface area contributed by atoms with Crippen molar-refractivity contribution >= 4 is 5.91 Å². The highest BCUT2D eigenvalue weighted by atomic mass is 19.1. The molecule has 1 fully saturated rings. The minimum Gasteiger partial charge on any atom is -0.374 e. The van der Waals surface area contributed by atoms with Crippen LogP contribution in [0.25, 0.3) is 11.3 Å². The van der Waals surface area contributed by atoms with Gasteiger partial charge in [0.25, 0.3) is 5.91 Å². The number of aromatic nitrogens is 2. The number of rotatable bonds is 6. The highest BCUT2D eigenvalue weighted by molar-refractivity contribution is 5.99. The highest BCUT2D eigenvalue weighted by Crippen LogP contribution is 2.21. The summed E-state index contributed by atoms with van der Waals surface area (Å²) >= 11 is 0.